The van der Waals surface area contributed by atoms with Crippen molar-refractivity contribution in [2.45, 2.75) is 25.1 Å². The second-order valence-electron chi connectivity index (χ2n) is 6.08. The Morgan fingerprint density at radius 3 is 2.62 bits per heavy atom. The van der Waals surface area contributed by atoms with Gasteiger partial charge in [0.15, 0.2) is 5.96 Å². The molecule has 0 spiro atoms. The molecule has 0 aliphatic carbocycles. The lowest BCUT2D eigenvalue weighted by Gasteiger charge is -2.26. The van der Waals surface area contributed by atoms with Crippen LogP contribution in [-0.2, 0) is 12.6 Å². The molecular weight excluding hydrogens is 343 g/mol. The monoisotopic (exact) mass is 363 g/mol. The molecule has 3 rings (SSSR count). The van der Waals surface area contributed by atoms with Crippen LogP contribution in [0.3, 0.4) is 0 Å². The highest BCUT2D eigenvalue weighted by Crippen LogP contribution is 2.31. The van der Waals surface area contributed by atoms with E-state index in [9.17, 15) is 13.2 Å². The van der Waals surface area contributed by atoms with Gasteiger partial charge in [-0.15, -0.1) is 0 Å². The van der Waals surface area contributed by atoms with E-state index in [-0.39, 0.29) is 6.04 Å². The molecule has 1 heterocycles. The predicted octanol–water partition coefficient (Wildman–Crippen LogP) is 3.68. The highest BCUT2D eigenvalue weighted by atomic mass is 19.4. The highest BCUT2D eigenvalue weighted by Gasteiger charge is 2.29. The minimum Gasteiger partial charge on any atom is -0.493 e. The molecule has 1 unspecified atom stereocenters. The fraction of sp³-hybridized carbons (Fsp3) is 0.316. The molecule has 2 aromatic rings. The SMILES string of the molecule is NC(=NCCc1ccc(C(F)(F)F)cc1)NC1CCOc2ccccc21. The van der Waals surface area contributed by atoms with E-state index < -0.39 is 11.7 Å². The Balaban J connectivity index is 1.55. The Morgan fingerprint density at radius 2 is 1.88 bits per heavy atom. The summed E-state index contributed by atoms with van der Waals surface area (Å²) < 4.78 is 43.3. The van der Waals surface area contributed by atoms with Crippen LogP contribution in [-0.4, -0.2) is 19.1 Å². The molecular formula is C19H20F3N3O. The molecule has 2 aromatic carbocycles. The van der Waals surface area contributed by atoms with Crippen molar-refractivity contribution in [3.8, 4) is 5.75 Å². The predicted molar refractivity (Wildman–Crippen MR) is 94.1 cm³/mol. The van der Waals surface area contributed by atoms with E-state index in [4.69, 9.17) is 10.5 Å². The van der Waals surface area contributed by atoms with Gasteiger partial charge in [-0.05, 0) is 30.2 Å². The number of guanidine groups is 1. The number of alkyl halides is 3. The zero-order chi connectivity index (χ0) is 18.6. The van der Waals surface area contributed by atoms with Gasteiger partial charge in [0.1, 0.15) is 5.75 Å². The minimum absolute atomic E-state index is 0.0368. The molecule has 0 saturated carbocycles. The van der Waals surface area contributed by atoms with Gasteiger partial charge in [0, 0.05) is 18.5 Å². The van der Waals surface area contributed by atoms with Crippen molar-refractivity contribution in [1.29, 1.82) is 0 Å². The van der Waals surface area contributed by atoms with E-state index >= 15 is 0 Å². The Hall–Kier alpha value is -2.70. The summed E-state index contributed by atoms with van der Waals surface area (Å²) in [5, 5.41) is 3.19. The van der Waals surface area contributed by atoms with Crippen molar-refractivity contribution in [2.24, 2.45) is 10.7 Å². The maximum absolute atomic E-state index is 12.6. The zero-order valence-corrected chi connectivity index (χ0v) is 14.1. The lowest BCUT2D eigenvalue weighted by Crippen LogP contribution is -2.37. The van der Waals surface area contributed by atoms with Gasteiger partial charge >= 0.3 is 6.18 Å². The molecule has 7 heteroatoms. The van der Waals surface area contributed by atoms with Crippen LogP contribution in [0.15, 0.2) is 53.5 Å². The second-order valence-corrected chi connectivity index (χ2v) is 6.08. The van der Waals surface area contributed by atoms with E-state index in [2.05, 4.69) is 10.3 Å². The van der Waals surface area contributed by atoms with Gasteiger partial charge in [-0.1, -0.05) is 30.3 Å². The number of nitrogens with one attached hydrogen (secondary N) is 1. The van der Waals surface area contributed by atoms with Gasteiger partial charge in [-0.25, -0.2) is 0 Å². The van der Waals surface area contributed by atoms with Crippen LogP contribution in [0.2, 0.25) is 0 Å². The molecule has 0 aromatic heterocycles. The molecule has 0 amide bonds. The summed E-state index contributed by atoms with van der Waals surface area (Å²) in [5.74, 6) is 1.16. The highest BCUT2D eigenvalue weighted by molar-refractivity contribution is 5.78. The summed E-state index contributed by atoms with van der Waals surface area (Å²) in [6.07, 6.45) is -3.01. The first kappa shape index (κ1) is 18.1. The molecule has 26 heavy (non-hydrogen) atoms. The number of halogens is 3. The third-order valence-electron chi connectivity index (χ3n) is 4.24. The smallest absolute Gasteiger partial charge is 0.416 e. The van der Waals surface area contributed by atoms with Crippen molar-refractivity contribution in [1.82, 2.24) is 5.32 Å². The van der Waals surface area contributed by atoms with Crippen molar-refractivity contribution < 1.29 is 17.9 Å². The van der Waals surface area contributed by atoms with E-state index in [1.54, 1.807) is 0 Å². The number of nitrogens with two attached hydrogens (primary N) is 1. The van der Waals surface area contributed by atoms with Crippen LogP contribution < -0.4 is 15.8 Å². The molecule has 1 atom stereocenters. The fourth-order valence-corrected chi connectivity index (χ4v) is 2.88. The third-order valence-corrected chi connectivity index (χ3v) is 4.24. The van der Waals surface area contributed by atoms with Crippen molar-refractivity contribution in [3.63, 3.8) is 0 Å². The maximum atomic E-state index is 12.6. The maximum Gasteiger partial charge on any atom is 0.416 e. The number of nitrogens with zero attached hydrogens (tertiary/aromatic N) is 1. The number of benzene rings is 2. The average molecular weight is 363 g/mol. The molecule has 0 bridgehead atoms. The van der Waals surface area contributed by atoms with E-state index in [0.29, 0.717) is 25.5 Å². The van der Waals surface area contributed by atoms with Crippen LogP contribution in [0.5, 0.6) is 5.75 Å². The zero-order valence-electron chi connectivity index (χ0n) is 14.1. The summed E-state index contributed by atoms with van der Waals surface area (Å²) in [6.45, 7) is 1.00. The lowest BCUT2D eigenvalue weighted by molar-refractivity contribution is -0.137. The van der Waals surface area contributed by atoms with Crippen molar-refractivity contribution in [3.05, 3.63) is 65.2 Å². The van der Waals surface area contributed by atoms with Crippen LogP contribution in [0.25, 0.3) is 0 Å². The number of hydrogen-bond acceptors (Lipinski definition) is 2. The van der Waals surface area contributed by atoms with Crippen molar-refractivity contribution >= 4 is 5.96 Å². The van der Waals surface area contributed by atoms with Gasteiger partial charge in [-0.3, -0.25) is 4.99 Å². The van der Waals surface area contributed by atoms with Gasteiger partial charge in [0.05, 0.1) is 18.2 Å². The molecule has 0 fully saturated rings. The average Bonchev–Trinajstić information content (AvgIpc) is 2.62. The van der Waals surface area contributed by atoms with Gasteiger partial charge in [-0.2, -0.15) is 13.2 Å². The number of rotatable bonds is 4. The largest absolute Gasteiger partial charge is 0.493 e. The summed E-state index contributed by atoms with van der Waals surface area (Å²) in [5.41, 5.74) is 7.13. The first-order valence-electron chi connectivity index (χ1n) is 8.38. The Bertz CT molecular complexity index is 772. The number of hydrogen-bond donors (Lipinski definition) is 2. The Labute approximate surface area is 149 Å². The number of ether oxygens (including phenoxy) is 1. The lowest BCUT2D eigenvalue weighted by atomic mass is 10.0. The molecule has 0 radical (unpaired) electrons. The quantitative estimate of drug-likeness (QED) is 0.644. The van der Waals surface area contributed by atoms with Gasteiger partial charge < -0.3 is 15.8 Å². The molecule has 3 N–H and O–H groups in total. The second kappa shape index (κ2) is 7.68. The Morgan fingerprint density at radius 1 is 1.15 bits per heavy atom. The van der Waals surface area contributed by atoms with E-state index in [1.807, 2.05) is 24.3 Å². The standard InChI is InChI=1S/C19H20F3N3O/c20-19(21,22)14-7-5-13(6-8-14)9-11-24-18(23)25-16-10-12-26-17-4-2-1-3-15(16)17/h1-8,16H,9-12H2,(H3,23,24,25). The fourth-order valence-electron chi connectivity index (χ4n) is 2.88. The van der Waals surface area contributed by atoms with Gasteiger partial charge in [0.2, 0.25) is 0 Å². The number of para-hydroxylation sites is 1. The summed E-state index contributed by atoms with van der Waals surface area (Å²) in [4.78, 5) is 4.28. The summed E-state index contributed by atoms with van der Waals surface area (Å²) in [7, 11) is 0. The molecule has 0 saturated heterocycles. The molecule has 1 aliphatic heterocycles. The number of fused-ring (bicyclic) bond motifs is 1. The normalized spacial score (nSPS) is 17.3. The number of aliphatic imine (C=N–C) groups is 1. The van der Waals surface area contributed by atoms with Crippen molar-refractivity contribution in [2.75, 3.05) is 13.2 Å². The summed E-state index contributed by atoms with van der Waals surface area (Å²) >= 11 is 0. The van der Waals surface area contributed by atoms with E-state index in [1.165, 1.54) is 12.1 Å². The van der Waals surface area contributed by atoms with Crippen LogP contribution in [0, 0.1) is 0 Å². The molecule has 138 valence electrons. The topological polar surface area (TPSA) is 59.6 Å². The van der Waals surface area contributed by atoms with E-state index in [0.717, 1.165) is 35.4 Å². The Kier molecular flexibility index (Phi) is 5.35. The molecule has 1 aliphatic rings. The molecule has 4 nitrogen and oxygen atoms in total. The van der Waals surface area contributed by atoms with Crippen LogP contribution >= 0.6 is 0 Å². The summed E-state index contributed by atoms with van der Waals surface area (Å²) in [6, 6.07) is 12.9. The third kappa shape index (κ3) is 4.47. The van der Waals surface area contributed by atoms with Crippen LogP contribution in [0.1, 0.15) is 29.2 Å². The first-order chi connectivity index (χ1) is 12.4. The minimum atomic E-state index is -4.31. The van der Waals surface area contributed by atoms with Crippen LogP contribution in [0.4, 0.5) is 13.2 Å². The van der Waals surface area contributed by atoms with Gasteiger partial charge in [0.25, 0.3) is 0 Å². The first-order valence-corrected chi connectivity index (χ1v) is 8.38.